The van der Waals surface area contributed by atoms with Gasteiger partial charge in [-0.15, -0.1) is 0 Å². The van der Waals surface area contributed by atoms with E-state index in [0.717, 1.165) is 22.8 Å². The van der Waals surface area contributed by atoms with Crippen LogP contribution in [-0.2, 0) is 11.3 Å². The Kier molecular flexibility index (Phi) is 2.85. The molecule has 3 nitrogen and oxygen atoms in total. The van der Waals surface area contributed by atoms with Crippen molar-refractivity contribution in [1.29, 1.82) is 5.26 Å². The predicted molar refractivity (Wildman–Crippen MR) is 72.9 cm³/mol. The van der Waals surface area contributed by atoms with Crippen LogP contribution in [0.2, 0.25) is 0 Å². The molecule has 0 aromatic heterocycles. The zero-order chi connectivity index (χ0) is 13.2. The minimum Gasteiger partial charge on any atom is -0.220 e. The molecule has 92 valence electrons. The van der Waals surface area contributed by atoms with Crippen molar-refractivity contribution in [2.24, 2.45) is 0 Å². The fraction of sp³-hybridized carbons (Fsp3) is 0.188. The molecule has 0 spiro atoms. The summed E-state index contributed by atoms with van der Waals surface area (Å²) in [6.07, 6.45) is 3.30. The number of nitriles is 1. The number of carbonyl (C=O) groups excluding carboxylic acids is 1. The van der Waals surface area contributed by atoms with E-state index in [1.165, 1.54) is 0 Å². The van der Waals surface area contributed by atoms with E-state index in [2.05, 4.69) is 6.07 Å². The van der Waals surface area contributed by atoms with Crippen LogP contribution in [0.1, 0.15) is 24.0 Å². The van der Waals surface area contributed by atoms with Gasteiger partial charge in [0, 0.05) is 12.0 Å². The Morgan fingerprint density at radius 2 is 2.05 bits per heavy atom. The van der Waals surface area contributed by atoms with Gasteiger partial charge in [-0.05, 0) is 16.8 Å². The van der Waals surface area contributed by atoms with Gasteiger partial charge in [-0.2, -0.15) is 9.84 Å². The van der Waals surface area contributed by atoms with Gasteiger partial charge in [0.05, 0.1) is 18.1 Å². The monoisotopic (exact) mass is 249 g/mol. The van der Waals surface area contributed by atoms with Crippen LogP contribution in [-0.4, -0.2) is 16.7 Å². The molecule has 3 heteroatoms. The normalized spacial score (nSPS) is 14.5. The van der Waals surface area contributed by atoms with E-state index in [1.54, 1.807) is 4.58 Å². The smallest absolute Gasteiger partial charge is 0.220 e. The highest BCUT2D eigenvalue weighted by Crippen LogP contribution is 2.23. The number of hydrogen-bond donors (Lipinski definition) is 0. The largest absolute Gasteiger partial charge is 0.387 e. The van der Waals surface area contributed by atoms with Gasteiger partial charge >= 0.3 is 5.91 Å². The first-order chi connectivity index (χ1) is 9.29. The van der Waals surface area contributed by atoms with Crippen molar-refractivity contribution in [2.45, 2.75) is 19.4 Å². The molecule has 0 saturated carbocycles. The van der Waals surface area contributed by atoms with Crippen LogP contribution in [0.4, 0.5) is 0 Å². The highest BCUT2D eigenvalue weighted by molar-refractivity contribution is 5.88. The van der Waals surface area contributed by atoms with Gasteiger partial charge in [-0.3, -0.25) is 0 Å². The maximum Gasteiger partial charge on any atom is 0.387 e. The maximum absolute atomic E-state index is 11.7. The molecule has 1 aliphatic heterocycles. The Bertz CT molecular complexity index is 738. The van der Waals surface area contributed by atoms with Crippen LogP contribution in [0.15, 0.2) is 36.4 Å². The third-order valence-corrected chi connectivity index (χ3v) is 3.52. The van der Waals surface area contributed by atoms with Crippen molar-refractivity contribution in [3.05, 3.63) is 47.5 Å². The highest BCUT2D eigenvalue weighted by Gasteiger charge is 2.25. The molecule has 0 fully saturated rings. The molecular weight excluding hydrogens is 236 g/mol. The molecule has 0 radical (unpaired) electrons. The Labute approximate surface area is 111 Å². The van der Waals surface area contributed by atoms with E-state index in [0.29, 0.717) is 18.5 Å². The lowest BCUT2D eigenvalue weighted by molar-refractivity contribution is -0.454. The summed E-state index contributed by atoms with van der Waals surface area (Å²) in [6, 6.07) is 14.0. The maximum atomic E-state index is 11.7. The Balaban J connectivity index is 2.15. The Hall–Kier alpha value is -2.47. The van der Waals surface area contributed by atoms with Crippen molar-refractivity contribution in [3.8, 4) is 6.07 Å². The summed E-state index contributed by atoms with van der Waals surface area (Å²) >= 11 is 0. The van der Waals surface area contributed by atoms with Crippen LogP contribution in [0.25, 0.3) is 10.8 Å². The third-order valence-electron chi connectivity index (χ3n) is 3.52. The lowest BCUT2D eigenvalue weighted by Gasteiger charge is -2.06. The van der Waals surface area contributed by atoms with Crippen molar-refractivity contribution in [1.82, 2.24) is 0 Å². The molecule has 1 heterocycles. The van der Waals surface area contributed by atoms with Crippen LogP contribution in [0.5, 0.6) is 0 Å². The van der Waals surface area contributed by atoms with Gasteiger partial charge in [0.1, 0.15) is 6.21 Å². The molecule has 0 atom stereocenters. The number of benzene rings is 2. The van der Waals surface area contributed by atoms with Crippen LogP contribution >= 0.6 is 0 Å². The summed E-state index contributed by atoms with van der Waals surface area (Å²) in [7, 11) is 0. The molecule has 0 bridgehead atoms. The van der Waals surface area contributed by atoms with Crippen LogP contribution < -0.4 is 0 Å². The summed E-state index contributed by atoms with van der Waals surface area (Å²) in [5.74, 6) is 0.136. The number of amides is 1. The molecular formula is C16H13N2O+. The molecule has 0 unspecified atom stereocenters. The standard InChI is InChI=1S/C16H13N2O/c17-10-13-8-7-12-4-1-2-5-14(12)15(13)11-18-9-3-6-16(18)19/h1-2,4-5,7-9H,3,6,11H2/q+1. The molecule has 3 rings (SSSR count). The first-order valence-corrected chi connectivity index (χ1v) is 6.33. The zero-order valence-corrected chi connectivity index (χ0v) is 10.5. The molecule has 0 saturated heterocycles. The minimum atomic E-state index is 0.136. The van der Waals surface area contributed by atoms with E-state index >= 15 is 0 Å². The van der Waals surface area contributed by atoms with Crippen LogP contribution in [0.3, 0.4) is 0 Å². The Morgan fingerprint density at radius 1 is 1.21 bits per heavy atom. The molecule has 1 amide bonds. The number of hydrogen-bond acceptors (Lipinski definition) is 2. The van der Waals surface area contributed by atoms with Crippen molar-refractivity contribution < 1.29 is 9.37 Å². The number of fused-ring (bicyclic) bond motifs is 1. The number of carbonyl (C=O) groups is 1. The van der Waals surface area contributed by atoms with E-state index in [9.17, 15) is 10.1 Å². The van der Waals surface area contributed by atoms with E-state index in [-0.39, 0.29) is 5.91 Å². The minimum absolute atomic E-state index is 0.136. The molecule has 0 N–H and O–H groups in total. The van der Waals surface area contributed by atoms with E-state index in [4.69, 9.17) is 0 Å². The summed E-state index contributed by atoms with van der Waals surface area (Å²) < 4.78 is 1.72. The lowest BCUT2D eigenvalue weighted by Crippen LogP contribution is -2.16. The number of rotatable bonds is 2. The van der Waals surface area contributed by atoms with Crippen molar-refractivity contribution in [3.63, 3.8) is 0 Å². The Morgan fingerprint density at radius 3 is 2.79 bits per heavy atom. The van der Waals surface area contributed by atoms with E-state index in [1.807, 2.05) is 42.6 Å². The quantitative estimate of drug-likeness (QED) is 0.768. The van der Waals surface area contributed by atoms with Crippen LogP contribution in [0, 0.1) is 11.3 Å². The van der Waals surface area contributed by atoms with Gasteiger partial charge in [0.2, 0.25) is 0 Å². The lowest BCUT2D eigenvalue weighted by atomic mass is 9.99. The molecule has 1 aliphatic rings. The second-order valence-corrected chi connectivity index (χ2v) is 4.67. The average Bonchev–Trinajstić information content (AvgIpc) is 2.85. The zero-order valence-electron chi connectivity index (χ0n) is 10.5. The fourth-order valence-electron chi connectivity index (χ4n) is 2.52. The summed E-state index contributed by atoms with van der Waals surface area (Å²) in [4.78, 5) is 11.7. The molecule has 2 aromatic rings. The van der Waals surface area contributed by atoms with Gasteiger partial charge in [0.15, 0.2) is 6.54 Å². The first kappa shape index (κ1) is 11.6. The summed E-state index contributed by atoms with van der Waals surface area (Å²) in [6.45, 7) is 0.489. The summed E-state index contributed by atoms with van der Waals surface area (Å²) in [5, 5.41) is 11.4. The molecule has 2 aromatic carbocycles. The topological polar surface area (TPSA) is 43.9 Å². The third kappa shape index (κ3) is 2.02. The van der Waals surface area contributed by atoms with Gasteiger partial charge < -0.3 is 0 Å². The SMILES string of the molecule is N#Cc1ccc2ccccc2c1C[N+]1=CCCC1=O. The molecule has 19 heavy (non-hydrogen) atoms. The fourth-order valence-corrected chi connectivity index (χ4v) is 2.52. The highest BCUT2D eigenvalue weighted by atomic mass is 16.2. The van der Waals surface area contributed by atoms with Crippen molar-refractivity contribution >= 4 is 22.9 Å². The summed E-state index contributed by atoms with van der Waals surface area (Å²) in [5.41, 5.74) is 1.58. The van der Waals surface area contributed by atoms with Gasteiger partial charge in [0.25, 0.3) is 0 Å². The van der Waals surface area contributed by atoms with Crippen molar-refractivity contribution in [2.75, 3.05) is 0 Å². The second-order valence-electron chi connectivity index (χ2n) is 4.67. The number of nitrogens with zero attached hydrogens (tertiary/aromatic N) is 2. The molecule has 0 aliphatic carbocycles. The second kappa shape index (κ2) is 4.66. The van der Waals surface area contributed by atoms with Gasteiger partial charge in [-0.25, -0.2) is 4.79 Å². The van der Waals surface area contributed by atoms with Gasteiger partial charge in [-0.1, -0.05) is 30.3 Å². The van der Waals surface area contributed by atoms with E-state index < -0.39 is 0 Å². The average molecular weight is 249 g/mol. The predicted octanol–water partition coefficient (Wildman–Crippen LogP) is 2.62. The first-order valence-electron chi connectivity index (χ1n) is 6.33.